The highest BCUT2D eigenvalue weighted by atomic mass is 16.1. The summed E-state index contributed by atoms with van der Waals surface area (Å²) in [6, 6.07) is 0.0636. The summed E-state index contributed by atoms with van der Waals surface area (Å²) in [5.74, 6) is 1.52. The second kappa shape index (κ2) is 6.71. The van der Waals surface area contributed by atoms with Gasteiger partial charge in [0, 0.05) is 12.6 Å². The minimum atomic E-state index is 0.0371. The summed E-state index contributed by atoms with van der Waals surface area (Å²) in [5, 5.41) is 3.15. The lowest BCUT2D eigenvalue weighted by molar-refractivity contribution is -0.127. The molecule has 110 valence electrons. The van der Waals surface area contributed by atoms with E-state index in [2.05, 4.69) is 24.2 Å². The normalized spacial score (nSPS) is 34.2. The van der Waals surface area contributed by atoms with Gasteiger partial charge in [-0.05, 0) is 64.1 Å². The minimum Gasteiger partial charge on any atom is -0.356 e. The van der Waals surface area contributed by atoms with Crippen LogP contribution in [-0.4, -0.2) is 43.5 Å². The fourth-order valence-electron chi connectivity index (χ4n) is 3.35. The molecule has 1 amide bonds. The number of nitrogens with one attached hydrogen (secondary N) is 1. The Morgan fingerprint density at radius 3 is 2.63 bits per heavy atom. The molecule has 0 aromatic heterocycles. The monoisotopic (exact) mass is 267 g/mol. The van der Waals surface area contributed by atoms with Gasteiger partial charge >= 0.3 is 0 Å². The molecule has 0 spiro atoms. The van der Waals surface area contributed by atoms with Crippen molar-refractivity contribution in [1.29, 1.82) is 0 Å². The van der Waals surface area contributed by atoms with Crippen molar-refractivity contribution in [3.8, 4) is 0 Å². The highest BCUT2D eigenvalue weighted by Crippen LogP contribution is 2.28. The maximum atomic E-state index is 12.3. The third-order valence-corrected chi connectivity index (χ3v) is 4.91. The van der Waals surface area contributed by atoms with Crippen LogP contribution in [0.25, 0.3) is 0 Å². The Morgan fingerprint density at radius 2 is 1.95 bits per heavy atom. The molecule has 4 heteroatoms. The Labute approximate surface area is 117 Å². The zero-order valence-corrected chi connectivity index (χ0v) is 12.4. The predicted molar refractivity (Wildman–Crippen MR) is 77.7 cm³/mol. The van der Waals surface area contributed by atoms with Gasteiger partial charge in [0.15, 0.2) is 0 Å². The summed E-state index contributed by atoms with van der Waals surface area (Å²) in [6.07, 6.45) is 5.52. The van der Waals surface area contributed by atoms with Gasteiger partial charge in [-0.1, -0.05) is 6.92 Å². The van der Waals surface area contributed by atoms with Crippen LogP contribution in [0.4, 0.5) is 0 Å². The van der Waals surface area contributed by atoms with Crippen molar-refractivity contribution in [3.05, 3.63) is 0 Å². The molecule has 1 saturated heterocycles. The molecule has 2 rings (SSSR count). The smallest absolute Gasteiger partial charge is 0.224 e. The summed E-state index contributed by atoms with van der Waals surface area (Å²) >= 11 is 0. The standard InChI is InChI=1S/C15H29N3O/c1-11-3-4-14(16)13(9-11)15(19)17-10-12-5-7-18(2)8-6-12/h11-14H,3-10,16H2,1-2H3,(H,17,19). The second-order valence-electron chi connectivity index (χ2n) is 6.68. The molecule has 0 radical (unpaired) electrons. The average molecular weight is 267 g/mol. The lowest BCUT2D eigenvalue weighted by Gasteiger charge is -2.33. The number of carbonyl (C=O) groups is 1. The molecule has 0 aromatic carbocycles. The molecular formula is C15H29N3O. The van der Waals surface area contributed by atoms with Gasteiger partial charge in [-0.25, -0.2) is 0 Å². The number of amides is 1. The number of nitrogens with two attached hydrogens (primary N) is 1. The predicted octanol–water partition coefficient (Wildman–Crippen LogP) is 1.21. The first-order chi connectivity index (χ1) is 9.06. The van der Waals surface area contributed by atoms with E-state index in [1.165, 1.54) is 19.3 Å². The molecule has 2 fully saturated rings. The first-order valence-electron chi connectivity index (χ1n) is 7.78. The van der Waals surface area contributed by atoms with E-state index >= 15 is 0 Å². The summed E-state index contributed by atoms with van der Waals surface area (Å²) in [5.41, 5.74) is 6.10. The van der Waals surface area contributed by atoms with Gasteiger partial charge < -0.3 is 16.0 Å². The van der Waals surface area contributed by atoms with Crippen molar-refractivity contribution in [2.75, 3.05) is 26.7 Å². The van der Waals surface area contributed by atoms with Crippen LogP contribution in [0.15, 0.2) is 0 Å². The Morgan fingerprint density at radius 1 is 1.26 bits per heavy atom. The topological polar surface area (TPSA) is 58.4 Å². The van der Waals surface area contributed by atoms with Gasteiger partial charge in [0.25, 0.3) is 0 Å². The number of hydrogen-bond acceptors (Lipinski definition) is 3. The van der Waals surface area contributed by atoms with Gasteiger partial charge in [0.05, 0.1) is 5.92 Å². The number of rotatable bonds is 3. The van der Waals surface area contributed by atoms with Crippen LogP contribution in [0.3, 0.4) is 0 Å². The molecule has 3 unspecified atom stereocenters. The molecule has 3 N–H and O–H groups in total. The number of nitrogens with zero attached hydrogens (tertiary/aromatic N) is 1. The zero-order valence-electron chi connectivity index (χ0n) is 12.4. The quantitative estimate of drug-likeness (QED) is 0.808. The molecule has 1 saturated carbocycles. The van der Waals surface area contributed by atoms with E-state index < -0.39 is 0 Å². The van der Waals surface area contributed by atoms with E-state index in [4.69, 9.17) is 5.73 Å². The number of carbonyl (C=O) groups excluding carboxylic acids is 1. The first kappa shape index (κ1) is 14.8. The lowest BCUT2D eigenvalue weighted by Crippen LogP contribution is -2.46. The van der Waals surface area contributed by atoms with Crippen molar-refractivity contribution in [2.24, 2.45) is 23.5 Å². The lowest BCUT2D eigenvalue weighted by atomic mass is 9.78. The van der Waals surface area contributed by atoms with Crippen LogP contribution >= 0.6 is 0 Å². The van der Waals surface area contributed by atoms with E-state index in [0.717, 1.165) is 32.5 Å². The molecule has 0 bridgehead atoms. The Hall–Kier alpha value is -0.610. The summed E-state index contributed by atoms with van der Waals surface area (Å²) in [7, 11) is 2.16. The Balaban J connectivity index is 1.74. The van der Waals surface area contributed by atoms with Crippen LogP contribution in [0.2, 0.25) is 0 Å². The fraction of sp³-hybridized carbons (Fsp3) is 0.933. The third kappa shape index (κ3) is 4.18. The van der Waals surface area contributed by atoms with E-state index in [-0.39, 0.29) is 17.9 Å². The van der Waals surface area contributed by atoms with Gasteiger partial charge in [0.1, 0.15) is 0 Å². The number of hydrogen-bond donors (Lipinski definition) is 2. The molecule has 1 aliphatic carbocycles. The molecule has 1 heterocycles. The maximum Gasteiger partial charge on any atom is 0.224 e. The molecule has 4 nitrogen and oxygen atoms in total. The number of likely N-dealkylation sites (tertiary alicyclic amines) is 1. The van der Waals surface area contributed by atoms with Crippen molar-refractivity contribution < 1.29 is 4.79 Å². The van der Waals surface area contributed by atoms with Gasteiger partial charge in [-0.2, -0.15) is 0 Å². The Kier molecular flexibility index (Phi) is 5.22. The molecule has 3 atom stereocenters. The largest absolute Gasteiger partial charge is 0.356 e. The molecule has 1 aliphatic heterocycles. The van der Waals surface area contributed by atoms with E-state index in [9.17, 15) is 4.79 Å². The summed E-state index contributed by atoms with van der Waals surface area (Å²) in [6.45, 7) is 5.37. The molecule has 0 aromatic rings. The fourth-order valence-corrected chi connectivity index (χ4v) is 3.35. The van der Waals surface area contributed by atoms with Crippen molar-refractivity contribution in [3.63, 3.8) is 0 Å². The van der Waals surface area contributed by atoms with Gasteiger partial charge in [-0.15, -0.1) is 0 Å². The highest BCUT2D eigenvalue weighted by molar-refractivity contribution is 5.79. The van der Waals surface area contributed by atoms with Crippen molar-refractivity contribution >= 4 is 5.91 Å². The van der Waals surface area contributed by atoms with Crippen LogP contribution < -0.4 is 11.1 Å². The summed E-state index contributed by atoms with van der Waals surface area (Å²) < 4.78 is 0. The van der Waals surface area contributed by atoms with Crippen LogP contribution in [0, 0.1) is 17.8 Å². The van der Waals surface area contributed by atoms with Crippen LogP contribution in [0.5, 0.6) is 0 Å². The average Bonchev–Trinajstić information content (AvgIpc) is 2.40. The molecule has 19 heavy (non-hydrogen) atoms. The van der Waals surface area contributed by atoms with Crippen molar-refractivity contribution in [1.82, 2.24) is 10.2 Å². The second-order valence-corrected chi connectivity index (χ2v) is 6.68. The minimum absolute atomic E-state index is 0.0371. The first-order valence-corrected chi connectivity index (χ1v) is 7.78. The maximum absolute atomic E-state index is 12.3. The van der Waals surface area contributed by atoms with Gasteiger partial charge in [0.2, 0.25) is 5.91 Å². The van der Waals surface area contributed by atoms with Crippen molar-refractivity contribution in [2.45, 2.75) is 45.1 Å². The van der Waals surface area contributed by atoms with E-state index in [0.29, 0.717) is 11.8 Å². The molecular weight excluding hydrogens is 238 g/mol. The van der Waals surface area contributed by atoms with E-state index in [1.807, 2.05) is 0 Å². The van der Waals surface area contributed by atoms with Gasteiger partial charge in [-0.3, -0.25) is 4.79 Å². The third-order valence-electron chi connectivity index (χ3n) is 4.91. The Bertz CT molecular complexity index is 300. The zero-order chi connectivity index (χ0) is 13.8. The van der Waals surface area contributed by atoms with E-state index in [1.54, 1.807) is 0 Å². The van der Waals surface area contributed by atoms with Crippen LogP contribution in [-0.2, 0) is 4.79 Å². The number of piperidine rings is 1. The van der Waals surface area contributed by atoms with Crippen LogP contribution in [0.1, 0.15) is 39.0 Å². The summed E-state index contributed by atoms with van der Waals surface area (Å²) in [4.78, 5) is 14.6. The molecule has 2 aliphatic rings. The highest BCUT2D eigenvalue weighted by Gasteiger charge is 2.31. The SMILES string of the molecule is CC1CCC(N)C(C(=O)NCC2CCN(C)CC2)C1.